The van der Waals surface area contributed by atoms with Crippen LogP contribution in [0.2, 0.25) is 0 Å². The molecule has 0 bridgehead atoms. The summed E-state index contributed by atoms with van der Waals surface area (Å²) < 4.78 is 11.4. The normalized spacial score (nSPS) is 20.6. The molecule has 1 unspecified atom stereocenters. The molecule has 2 aromatic heterocycles. The average Bonchev–Trinajstić information content (AvgIpc) is 3.37. The lowest BCUT2D eigenvalue weighted by Crippen LogP contribution is -2.42. The average molecular weight is 383 g/mol. The van der Waals surface area contributed by atoms with Crippen molar-refractivity contribution in [3.05, 3.63) is 35.3 Å². The van der Waals surface area contributed by atoms with E-state index in [0.29, 0.717) is 32.0 Å². The van der Waals surface area contributed by atoms with E-state index in [2.05, 4.69) is 5.16 Å². The lowest BCUT2D eigenvalue weighted by molar-refractivity contribution is -0.140. The monoisotopic (exact) mass is 383 g/mol. The van der Waals surface area contributed by atoms with Gasteiger partial charge in [0.25, 0.3) is 0 Å². The maximum Gasteiger partial charge on any atom is 0.223 e. The Morgan fingerprint density at radius 2 is 2.11 bits per heavy atom. The van der Waals surface area contributed by atoms with E-state index in [0.717, 1.165) is 34.8 Å². The van der Waals surface area contributed by atoms with Crippen LogP contribution in [0.15, 0.2) is 22.7 Å². The third-order valence-electron chi connectivity index (χ3n) is 5.97. The Bertz CT molecular complexity index is 826. The van der Waals surface area contributed by atoms with Gasteiger partial charge in [0.05, 0.1) is 35.8 Å². The Labute approximate surface area is 166 Å². The second kappa shape index (κ2) is 8.43. The molecule has 1 saturated heterocycles. The molecule has 0 aromatic carbocycles. The van der Waals surface area contributed by atoms with Gasteiger partial charge in [0.2, 0.25) is 5.91 Å². The summed E-state index contributed by atoms with van der Waals surface area (Å²) in [4.78, 5) is 19.5. The van der Waals surface area contributed by atoms with Crippen LogP contribution in [0.5, 0.6) is 0 Å². The molecule has 4 rings (SSSR count). The minimum atomic E-state index is -0.188. The van der Waals surface area contributed by atoms with Crippen LogP contribution >= 0.6 is 0 Å². The number of nitrogens with zero attached hydrogens (tertiary/aromatic N) is 3. The molecule has 6 heteroatoms. The van der Waals surface area contributed by atoms with Crippen LogP contribution in [0.3, 0.4) is 0 Å². The van der Waals surface area contributed by atoms with Gasteiger partial charge >= 0.3 is 0 Å². The molecular weight excluding hydrogens is 354 g/mol. The van der Waals surface area contributed by atoms with Crippen molar-refractivity contribution in [2.75, 3.05) is 19.7 Å². The lowest BCUT2D eigenvalue weighted by atomic mass is 10.0. The summed E-state index contributed by atoms with van der Waals surface area (Å²) in [6, 6.07) is 5.95. The highest BCUT2D eigenvalue weighted by Gasteiger charge is 2.29. The van der Waals surface area contributed by atoms with Crippen LogP contribution < -0.4 is 0 Å². The van der Waals surface area contributed by atoms with Crippen molar-refractivity contribution in [2.45, 2.75) is 58.5 Å². The second-order valence-electron chi connectivity index (χ2n) is 7.92. The van der Waals surface area contributed by atoms with Gasteiger partial charge in [0.15, 0.2) is 0 Å². The highest BCUT2D eigenvalue weighted by molar-refractivity contribution is 5.76. The minimum Gasteiger partial charge on any atom is -0.368 e. The van der Waals surface area contributed by atoms with E-state index >= 15 is 0 Å². The fraction of sp³-hybridized carbons (Fsp3) is 0.591. The SMILES string of the molecule is CCc1onc(C)c1-c1cccc(C2CN(C(=O)CC3CCCC3)CCO2)n1. The van der Waals surface area contributed by atoms with E-state index in [1.54, 1.807) is 0 Å². The molecule has 1 saturated carbocycles. The van der Waals surface area contributed by atoms with Crippen LogP contribution in [-0.4, -0.2) is 40.6 Å². The highest BCUT2D eigenvalue weighted by atomic mass is 16.5. The van der Waals surface area contributed by atoms with E-state index in [9.17, 15) is 4.79 Å². The zero-order chi connectivity index (χ0) is 19.5. The predicted molar refractivity (Wildman–Crippen MR) is 106 cm³/mol. The van der Waals surface area contributed by atoms with E-state index in [1.165, 1.54) is 25.7 Å². The summed E-state index contributed by atoms with van der Waals surface area (Å²) in [5.74, 6) is 1.68. The predicted octanol–water partition coefficient (Wildman–Crippen LogP) is 4.09. The van der Waals surface area contributed by atoms with Crippen molar-refractivity contribution in [2.24, 2.45) is 5.92 Å². The highest BCUT2D eigenvalue weighted by Crippen LogP contribution is 2.31. The Morgan fingerprint density at radius 1 is 1.29 bits per heavy atom. The fourth-order valence-corrected chi connectivity index (χ4v) is 4.40. The number of carbonyl (C=O) groups excluding carboxylic acids is 1. The number of hydrogen-bond donors (Lipinski definition) is 0. The molecule has 2 aliphatic rings. The van der Waals surface area contributed by atoms with Gasteiger partial charge in [0.1, 0.15) is 11.9 Å². The van der Waals surface area contributed by atoms with Gasteiger partial charge in [0, 0.05) is 19.4 Å². The molecule has 1 aliphatic heterocycles. The van der Waals surface area contributed by atoms with Gasteiger partial charge in [-0.15, -0.1) is 0 Å². The van der Waals surface area contributed by atoms with Crippen molar-refractivity contribution >= 4 is 5.91 Å². The quantitative estimate of drug-likeness (QED) is 0.778. The summed E-state index contributed by atoms with van der Waals surface area (Å²) in [5, 5.41) is 4.09. The zero-order valence-electron chi connectivity index (χ0n) is 16.8. The van der Waals surface area contributed by atoms with Crippen molar-refractivity contribution in [1.29, 1.82) is 0 Å². The fourth-order valence-electron chi connectivity index (χ4n) is 4.40. The van der Waals surface area contributed by atoms with Crippen molar-refractivity contribution in [1.82, 2.24) is 15.0 Å². The molecule has 3 heterocycles. The number of hydrogen-bond acceptors (Lipinski definition) is 5. The van der Waals surface area contributed by atoms with Gasteiger partial charge in [-0.2, -0.15) is 0 Å². The molecule has 150 valence electrons. The first-order chi connectivity index (χ1) is 13.7. The maximum atomic E-state index is 12.7. The van der Waals surface area contributed by atoms with Crippen LogP contribution in [0, 0.1) is 12.8 Å². The lowest BCUT2D eigenvalue weighted by Gasteiger charge is -2.33. The Kier molecular flexibility index (Phi) is 5.76. The van der Waals surface area contributed by atoms with E-state index in [1.807, 2.05) is 36.9 Å². The van der Waals surface area contributed by atoms with Gasteiger partial charge in [-0.3, -0.25) is 4.79 Å². The van der Waals surface area contributed by atoms with Gasteiger partial charge in [-0.1, -0.05) is 31.0 Å². The Balaban J connectivity index is 1.49. The third kappa shape index (κ3) is 3.97. The molecule has 0 radical (unpaired) electrons. The van der Waals surface area contributed by atoms with Gasteiger partial charge in [-0.25, -0.2) is 4.98 Å². The van der Waals surface area contributed by atoms with E-state index < -0.39 is 0 Å². The molecule has 6 nitrogen and oxygen atoms in total. The van der Waals surface area contributed by atoms with Gasteiger partial charge < -0.3 is 14.2 Å². The number of pyridine rings is 1. The molecule has 0 spiro atoms. The smallest absolute Gasteiger partial charge is 0.223 e. The summed E-state index contributed by atoms with van der Waals surface area (Å²) >= 11 is 0. The van der Waals surface area contributed by atoms with Crippen molar-refractivity contribution < 1.29 is 14.1 Å². The van der Waals surface area contributed by atoms with Gasteiger partial charge in [-0.05, 0) is 37.8 Å². The standard InChI is InChI=1S/C22H29N3O3/c1-3-19-22(15(2)24-28-19)18-10-6-9-17(23-18)20-14-25(11-12-27-20)21(26)13-16-7-4-5-8-16/h6,9-10,16,20H,3-5,7-8,11-14H2,1-2H3. The number of morpholine rings is 1. The molecule has 2 fully saturated rings. The summed E-state index contributed by atoms with van der Waals surface area (Å²) in [5.41, 5.74) is 3.53. The maximum absolute atomic E-state index is 12.7. The molecule has 1 atom stereocenters. The zero-order valence-corrected chi connectivity index (χ0v) is 16.8. The summed E-state index contributed by atoms with van der Waals surface area (Å²) in [7, 11) is 0. The number of carbonyl (C=O) groups is 1. The van der Waals surface area contributed by atoms with E-state index in [-0.39, 0.29) is 12.0 Å². The molecule has 1 aliphatic carbocycles. The number of ether oxygens (including phenoxy) is 1. The van der Waals surface area contributed by atoms with Crippen LogP contribution in [-0.2, 0) is 16.0 Å². The summed E-state index contributed by atoms with van der Waals surface area (Å²) in [6.07, 6.45) is 6.18. The number of amides is 1. The number of rotatable bonds is 5. The topological polar surface area (TPSA) is 68.5 Å². The first kappa shape index (κ1) is 19.1. The molecule has 1 amide bonds. The van der Waals surface area contributed by atoms with Crippen molar-refractivity contribution in [3.63, 3.8) is 0 Å². The van der Waals surface area contributed by atoms with E-state index in [4.69, 9.17) is 14.2 Å². The molecule has 0 N–H and O–H groups in total. The van der Waals surface area contributed by atoms with Crippen LogP contribution in [0.4, 0.5) is 0 Å². The Morgan fingerprint density at radius 3 is 2.89 bits per heavy atom. The molecule has 2 aromatic rings. The minimum absolute atomic E-state index is 0.188. The number of aromatic nitrogens is 2. The third-order valence-corrected chi connectivity index (χ3v) is 5.97. The van der Waals surface area contributed by atoms with Crippen molar-refractivity contribution in [3.8, 4) is 11.3 Å². The summed E-state index contributed by atoms with van der Waals surface area (Å²) in [6.45, 7) is 5.79. The first-order valence-corrected chi connectivity index (χ1v) is 10.5. The largest absolute Gasteiger partial charge is 0.368 e. The molecular formula is C22H29N3O3. The van der Waals surface area contributed by atoms with Crippen LogP contribution in [0.1, 0.15) is 62.3 Å². The first-order valence-electron chi connectivity index (χ1n) is 10.5. The Hall–Kier alpha value is -2.21. The molecule has 28 heavy (non-hydrogen) atoms. The second-order valence-corrected chi connectivity index (χ2v) is 7.92. The van der Waals surface area contributed by atoms with Crippen LogP contribution in [0.25, 0.3) is 11.3 Å². The number of aryl methyl sites for hydroxylation is 2.